The molecule has 1 heterocycles. The summed E-state index contributed by atoms with van der Waals surface area (Å²) in [4.78, 5) is 21.4. The fraction of sp³-hybridized carbons (Fsp3) is 0.706. The van der Waals surface area contributed by atoms with Crippen molar-refractivity contribution in [2.75, 3.05) is 7.11 Å². The first kappa shape index (κ1) is 14.6. The Morgan fingerprint density at radius 2 is 1.95 bits per heavy atom. The lowest BCUT2D eigenvalue weighted by molar-refractivity contribution is -0.0599. The van der Waals surface area contributed by atoms with Gasteiger partial charge in [0.2, 0.25) is 0 Å². The van der Waals surface area contributed by atoms with Crippen LogP contribution in [0.1, 0.15) is 73.7 Å². The molecular weight excluding hydrogens is 264 g/mol. The number of hydrogen-bond acceptors (Lipinski definition) is 4. The molecule has 0 bridgehead atoms. The summed E-state index contributed by atoms with van der Waals surface area (Å²) in [5, 5.41) is 0. The predicted molar refractivity (Wildman–Crippen MR) is 80.2 cm³/mol. The molecule has 1 saturated carbocycles. The lowest BCUT2D eigenvalue weighted by Gasteiger charge is -2.37. The highest BCUT2D eigenvalue weighted by Crippen LogP contribution is 2.40. The summed E-state index contributed by atoms with van der Waals surface area (Å²) in [5.41, 5.74) is 1.31. The van der Waals surface area contributed by atoms with Gasteiger partial charge in [0.05, 0.1) is 11.3 Å². The van der Waals surface area contributed by atoms with Gasteiger partial charge in [-0.05, 0) is 50.9 Å². The molecule has 0 aromatic carbocycles. The van der Waals surface area contributed by atoms with Gasteiger partial charge in [0.1, 0.15) is 5.60 Å². The SMILES string of the molecule is COC1(c2ncc3c(n2)CCCCC3=O)CCC(C)CC1. The summed E-state index contributed by atoms with van der Waals surface area (Å²) < 4.78 is 5.85. The third-order valence-corrected chi connectivity index (χ3v) is 5.12. The van der Waals surface area contributed by atoms with E-state index in [2.05, 4.69) is 11.9 Å². The number of carbonyl (C=O) groups excluding carboxylic acids is 1. The molecule has 0 atom stereocenters. The molecule has 114 valence electrons. The molecule has 4 nitrogen and oxygen atoms in total. The minimum Gasteiger partial charge on any atom is -0.370 e. The van der Waals surface area contributed by atoms with Gasteiger partial charge in [0.15, 0.2) is 11.6 Å². The molecule has 0 aliphatic heterocycles. The average Bonchev–Trinajstić information content (AvgIpc) is 2.70. The summed E-state index contributed by atoms with van der Waals surface area (Å²) in [6, 6.07) is 0. The van der Waals surface area contributed by atoms with Crippen molar-refractivity contribution in [3.63, 3.8) is 0 Å². The summed E-state index contributed by atoms with van der Waals surface area (Å²) in [5.74, 6) is 1.72. The molecule has 1 aromatic rings. The number of nitrogens with zero attached hydrogens (tertiary/aromatic N) is 2. The van der Waals surface area contributed by atoms with Gasteiger partial charge in [-0.15, -0.1) is 0 Å². The Balaban J connectivity index is 1.95. The van der Waals surface area contributed by atoms with E-state index in [0.717, 1.165) is 67.9 Å². The maximum Gasteiger partial charge on any atom is 0.166 e. The van der Waals surface area contributed by atoms with Gasteiger partial charge in [-0.25, -0.2) is 9.97 Å². The van der Waals surface area contributed by atoms with E-state index in [-0.39, 0.29) is 11.4 Å². The number of aromatic nitrogens is 2. The molecule has 2 aliphatic rings. The van der Waals surface area contributed by atoms with E-state index in [1.165, 1.54) is 0 Å². The van der Waals surface area contributed by atoms with Gasteiger partial charge in [-0.3, -0.25) is 4.79 Å². The van der Waals surface area contributed by atoms with Gasteiger partial charge in [-0.1, -0.05) is 6.92 Å². The second-order valence-electron chi connectivity index (χ2n) is 6.57. The van der Waals surface area contributed by atoms with Crippen LogP contribution in [0.15, 0.2) is 6.20 Å². The Kier molecular flexibility index (Phi) is 4.07. The summed E-state index contributed by atoms with van der Waals surface area (Å²) >= 11 is 0. The number of aryl methyl sites for hydroxylation is 1. The van der Waals surface area contributed by atoms with Crippen molar-refractivity contribution < 1.29 is 9.53 Å². The van der Waals surface area contributed by atoms with Crippen molar-refractivity contribution in [2.24, 2.45) is 5.92 Å². The number of ether oxygens (including phenoxy) is 1. The van der Waals surface area contributed by atoms with Crippen molar-refractivity contribution >= 4 is 5.78 Å². The number of hydrogen-bond donors (Lipinski definition) is 0. The van der Waals surface area contributed by atoms with E-state index in [9.17, 15) is 4.79 Å². The fourth-order valence-corrected chi connectivity index (χ4v) is 3.52. The zero-order valence-corrected chi connectivity index (χ0v) is 13.0. The first-order valence-electron chi connectivity index (χ1n) is 8.09. The molecule has 1 aromatic heterocycles. The van der Waals surface area contributed by atoms with Gasteiger partial charge in [0.25, 0.3) is 0 Å². The maximum absolute atomic E-state index is 12.1. The third-order valence-electron chi connectivity index (χ3n) is 5.12. The Morgan fingerprint density at radius 3 is 2.67 bits per heavy atom. The van der Waals surface area contributed by atoms with Crippen LogP contribution in [0.5, 0.6) is 0 Å². The second kappa shape index (κ2) is 5.84. The molecule has 0 N–H and O–H groups in total. The normalized spacial score (nSPS) is 29.8. The quantitative estimate of drug-likeness (QED) is 0.782. The smallest absolute Gasteiger partial charge is 0.166 e. The third kappa shape index (κ3) is 2.73. The van der Waals surface area contributed by atoms with Gasteiger partial charge in [-0.2, -0.15) is 0 Å². The lowest BCUT2D eigenvalue weighted by Crippen LogP contribution is -2.35. The molecule has 2 aliphatic carbocycles. The first-order valence-corrected chi connectivity index (χ1v) is 8.09. The molecule has 0 unspecified atom stereocenters. The van der Waals surface area contributed by atoms with Crippen LogP contribution in [0.4, 0.5) is 0 Å². The molecule has 4 heteroatoms. The molecular formula is C17H24N2O2. The highest BCUT2D eigenvalue weighted by Gasteiger charge is 2.39. The lowest BCUT2D eigenvalue weighted by atomic mass is 9.79. The summed E-state index contributed by atoms with van der Waals surface area (Å²) in [7, 11) is 1.76. The van der Waals surface area contributed by atoms with Crippen LogP contribution >= 0.6 is 0 Å². The van der Waals surface area contributed by atoms with Crippen LogP contribution < -0.4 is 0 Å². The molecule has 0 radical (unpaired) electrons. The molecule has 1 fully saturated rings. The van der Waals surface area contributed by atoms with Gasteiger partial charge < -0.3 is 4.74 Å². The standard InChI is InChI=1S/C17H24N2O2/c1-12-7-9-17(21-2,10-8-12)16-18-11-13-14(19-16)5-3-4-6-15(13)20/h11-12H,3-10H2,1-2H3. The number of carbonyl (C=O) groups is 1. The molecule has 0 spiro atoms. The highest BCUT2D eigenvalue weighted by atomic mass is 16.5. The summed E-state index contributed by atoms with van der Waals surface area (Å²) in [6.07, 6.45) is 9.47. The van der Waals surface area contributed by atoms with Crippen molar-refractivity contribution in [1.82, 2.24) is 9.97 Å². The van der Waals surface area contributed by atoms with Crippen LogP contribution in [0.25, 0.3) is 0 Å². The van der Waals surface area contributed by atoms with E-state index in [1.54, 1.807) is 13.3 Å². The van der Waals surface area contributed by atoms with Crippen molar-refractivity contribution in [3.05, 3.63) is 23.3 Å². The first-order chi connectivity index (χ1) is 10.1. The van der Waals surface area contributed by atoms with Crippen molar-refractivity contribution in [1.29, 1.82) is 0 Å². The molecule has 0 saturated heterocycles. The van der Waals surface area contributed by atoms with Crippen LogP contribution in [0, 0.1) is 5.92 Å². The number of ketones is 1. The maximum atomic E-state index is 12.1. The number of methoxy groups -OCH3 is 1. The number of rotatable bonds is 2. The van der Waals surface area contributed by atoms with Crippen LogP contribution in [0.2, 0.25) is 0 Å². The van der Waals surface area contributed by atoms with E-state index in [1.807, 2.05) is 0 Å². The zero-order valence-electron chi connectivity index (χ0n) is 13.0. The largest absolute Gasteiger partial charge is 0.370 e. The van der Waals surface area contributed by atoms with Crippen molar-refractivity contribution in [3.8, 4) is 0 Å². The Hall–Kier alpha value is -1.29. The van der Waals surface area contributed by atoms with Crippen LogP contribution in [-0.4, -0.2) is 22.9 Å². The van der Waals surface area contributed by atoms with E-state index in [4.69, 9.17) is 9.72 Å². The monoisotopic (exact) mass is 288 g/mol. The Bertz CT molecular complexity index is 534. The van der Waals surface area contributed by atoms with Crippen molar-refractivity contribution in [2.45, 2.75) is 63.9 Å². The second-order valence-corrected chi connectivity index (χ2v) is 6.57. The predicted octanol–water partition coefficient (Wildman–Crippen LogP) is 3.44. The molecule has 3 rings (SSSR count). The van der Waals surface area contributed by atoms with Crippen LogP contribution in [-0.2, 0) is 16.8 Å². The fourth-order valence-electron chi connectivity index (χ4n) is 3.52. The van der Waals surface area contributed by atoms with Gasteiger partial charge in [0, 0.05) is 19.7 Å². The summed E-state index contributed by atoms with van der Waals surface area (Å²) in [6.45, 7) is 2.29. The molecule has 0 amide bonds. The van der Waals surface area contributed by atoms with Gasteiger partial charge >= 0.3 is 0 Å². The number of fused-ring (bicyclic) bond motifs is 1. The highest BCUT2D eigenvalue weighted by molar-refractivity contribution is 5.97. The van der Waals surface area contributed by atoms with E-state index < -0.39 is 0 Å². The molecule has 21 heavy (non-hydrogen) atoms. The topological polar surface area (TPSA) is 52.1 Å². The van der Waals surface area contributed by atoms with Crippen LogP contribution in [0.3, 0.4) is 0 Å². The minimum atomic E-state index is -0.350. The Morgan fingerprint density at radius 1 is 1.24 bits per heavy atom. The average molecular weight is 288 g/mol. The number of Topliss-reactive ketones (excluding diaryl/α,β-unsaturated/α-hetero) is 1. The Labute approximate surface area is 126 Å². The minimum absolute atomic E-state index is 0.192. The van der Waals surface area contributed by atoms with E-state index in [0.29, 0.717) is 6.42 Å². The van der Waals surface area contributed by atoms with E-state index >= 15 is 0 Å². The zero-order chi connectivity index (χ0) is 14.9.